The summed E-state index contributed by atoms with van der Waals surface area (Å²) in [4.78, 5) is 10.6. The molecule has 88 valence electrons. The number of hydrogen-bond donors (Lipinski definition) is 2. The van der Waals surface area contributed by atoms with E-state index < -0.39 is 11.6 Å². The molecule has 15 heavy (non-hydrogen) atoms. The van der Waals surface area contributed by atoms with Gasteiger partial charge in [-0.15, -0.1) is 0 Å². The van der Waals surface area contributed by atoms with E-state index in [1.165, 1.54) is 0 Å². The zero-order valence-electron chi connectivity index (χ0n) is 9.45. The maximum absolute atomic E-state index is 10.6. The highest BCUT2D eigenvalue weighted by Crippen LogP contribution is 2.51. The minimum absolute atomic E-state index is 0.0420. The van der Waals surface area contributed by atoms with Crippen molar-refractivity contribution < 1.29 is 15.0 Å². The van der Waals surface area contributed by atoms with Gasteiger partial charge in [0.2, 0.25) is 0 Å². The van der Waals surface area contributed by atoms with Crippen LogP contribution in [0.4, 0.5) is 0 Å². The molecule has 1 fully saturated rings. The highest BCUT2D eigenvalue weighted by Gasteiger charge is 2.44. The summed E-state index contributed by atoms with van der Waals surface area (Å²) in [5.41, 5.74) is -0.565. The number of aliphatic carboxylic acids is 1. The lowest BCUT2D eigenvalue weighted by Gasteiger charge is -2.22. The second-order valence-corrected chi connectivity index (χ2v) is 5.90. The van der Waals surface area contributed by atoms with Gasteiger partial charge in [-0.1, -0.05) is 6.92 Å². The van der Waals surface area contributed by atoms with Crippen LogP contribution in [0.1, 0.15) is 39.5 Å². The van der Waals surface area contributed by atoms with E-state index in [0.29, 0.717) is 5.75 Å². The van der Waals surface area contributed by atoms with Crippen LogP contribution in [-0.4, -0.2) is 33.3 Å². The molecule has 0 aromatic carbocycles. The topological polar surface area (TPSA) is 57.5 Å². The molecule has 0 bridgehead atoms. The molecule has 1 saturated carbocycles. The smallest absolute Gasteiger partial charge is 0.303 e. The molecule has 1 atom stereocenters. The van der Waals surface area contributed by atoms with Crippen molar-refractivity contribution >= 4 is 17.7 Å². The van der Waals surface area contributed by atoms with Gasteiger partial charge in [0.15, 0.2) is 0 Å². The molecular weight excluding hydrogens is 212 g/mol. The number of carbonyl (C=O) groups is 1. The molecule has 0 heterocycles. The van der Waals surface area contributed by atoms with Gasteiger partial charge in [-0.3, -0.25) is 4.79 Å². The molecular formula is C11H20O3S. The molecule has 4 heteroatoms. The molecule has 1 aliphatic rings. The van der Waals surface area contributed by atoms with Gasteiger partial charge in [0, 0.05) is 5.75 Å². The van der Waals surface area contributed by atoms with Crippen molar-refractivity contribution in [3.63, 3.8) is 0 Å². The molecule has 0 amide bonds. The van der Waals surface area contributed by atoms with Crippen molar-refractivity contribution in [3.8, 4) is 0 Å². The van der Waals surface area contributed by atoms with Crippen molar-refractivity contribution in [2.45, 2.75) is 45.1 Å². The molecule has 0 spiro atoms. The first-order chi connectivity index (χ1) is 6.89. The highest BCUT2D eigenvalue weighted by atomic mass is 32.2. The Balaban J connectivity index is 2.23. The van der Waals surface area contributed by atoms with E-state index >= 15 is 0 Å². The average Bonchev–Trinajstić information content (AvgIpc) is 2.83. The van der Waals surface area contributed by atoms with Crippen molar-refractivity contribution in [1.29, 1.82) is 0 Å². The summed E-state index contributed by atoms with van der Waals surface area (Å²) in [6.45, 7) is 3.79. The van der Waals surface area contributed by atoms with Gasteiger partial charge in [0.25, 0.3) is 0 Å². The predicted octanol–water partition coefficient (Wildman–Crippen LogP) is 2.14. The number of carboxylic acids is 1. The zero-order chi connectivity index (χ0) is 11.5. The number of thioether (sulfide) groups is 1. The number of rotatable bonds is 7. The van der Waals surface area contributed by atoms with Crippen LogP contribution in [0.3, 0.4) is 0 Å². The second kappa shape index (κ2) is 4.74. The fraction of sp³-hybridized carbons (Fsp3) is 0.909. The van der Waals surface area contributed by atoms with Gasteiger partial charge in [-0.25, -0.2) is 0 Å². The third kappa shape index (κ3) is 4.43. The third-order valence-corrected chi connectivity index (χ3v) is 4.71. The fourth-order valence-corrected chi connectivity index (χ4v) is 3.03. The lowest BCUT2D eigenvalue weighted by Crippen LogP contribution is -2.26. The molecule has 1 rings (SSSR count). The van der Waals surface area contributed by atoms with Crippen LogP contribution in [0.15, 0.2) is 0 Å². The van der Waals surface area contributed by atoms with Crippen molar-refractivity contribution in [2.75, 3.05) is 11.5 Å². The van der Waals surface area contributed by atoms with E-state index in [9.17, 15) is 9.90 Å². The molecule has 1 aliphatic carbocycles. The van der Waals surface area contributed by atoms with Gasteiger partial charge >= 0.3 is 5.97 Å². The first-order valence-electron chi connectivity index (χ1n) is 5.41. The predicted molar refractivity (Wildman–Crippen MR) is 62.2 cm³/mol. The summed E-state index contributed by atoms with van der Waals surface area (Å²) >= 11 is 1.68. The first kappa shape index (κ1) is 12.8. The minimum Gasteiger partial charge on any atom is -0.481 e. The summed E-state index contributed by atoms with van der Waals surface area (Å²) in [6, 6.07) is 0. The standard InChI is InChI=1S/C11H20O3S/c1-3-10(2,14)7-15-8-11(4-5-11)6-9(12)13/h14H,3-8H2,1-2H3,(H,12,13). The van der Waals surface area contributed by atoms with E-state index in [1.54, 1.807) is 11.8 Å². The van der Waals surface area contributed by atoms with Crippen LogP contribution in [0.2, 0.25) is 0 Å². The van der Waals surface area contributed by atoms with Crippen molar-refractivity contribution in [1.82, 2.24) is 0 Å². The SMILES string of the molecule is CCC(C)(O)CSCC1(CC(=O)O)CC1. The van der Waals surface area contributed by atoms with Crippen molar-refractivity contribution in [3.05, 3.63) is 0 Å². The maximum Gasteiger partial charge on any atom is 0.303 e. The number of carboxylic acid groups (broad SMARTS) is 1. The van der Waals surface area contributed by atoms with Gasteiger partial charge in [0.05, 0.1) is 12.0 Å². The van der Waals surface area contributed by atoms with Gasteiger partial charge in [-0.05, 0) is 37.4 Å². The van der Waals surface area contributed by atoms with Crippen LogP contribution in [0.25, 0.3) is 0 Å². The Morgan fingerprint density at radius 2 is 2.13 bits per heavy atom. The molecule has 0 aromatic rings. The maximum atomic E-state index is 10.6. The lowest BCUT2D eigenvalue weighted by atomic mass is 10.1. The Hall–Kier alpha value is -0.220. The van der Waals surface area contributed by atoms with E-state index in [-0.39, 0.29) is 11.8 Å². The Morgan fingerprint density at radius 1 is 1.53 bits per heavy atom. The van der Waals surface area contributed by atoms with E-state index in [1.807, 2.05) is 13.8 Å². The normalized spacial score (nSPS) is 22.1. The number of hydrogen-bond acceptors (Lipinski definition) is 3. The van der Waals surface area contributed by atoms with Gasteiger partial charge in [-0.2, -0.15) is 11.8 Å². The summed E-state index contributed by atoms with van der Waals surface area (Å²) < 4.78 is 0. The Labute approximate surface area is 95.3 Å². The highest BCUT2D eigenvalue weighted by molar-refractivity contribution is 7.99. The van der Waals surface area contributed by atoms with Crippen LogP contribution >= 0.6 is 11.8 Å². The van der Waals surface area contributed by atoms with Crippen LogP contribution in [-0.2, 0) is 4.79 Å². The Bertz CT molecular complexity index is 234. The molecule has 3 nitrogen and oxygen atoms in total. The minimum atomic E-state index is -0.699. The fourth-order valence-electron chi connectivity index (χ4n) is 1.46. The molecule has 0 saturated heterocycles. The summed E-state index contributed by atoms with van der Waals surface area (Å²) in [5, 5.41) is 18.5. The Morgan fingerprint density at radius 3 is 2.53 bits per heavy atom. The molecule has 1 unspecified atom stereocenters. The van der Waals surface area contributed by atoms with E-state index in [0.717, 1.165) is 25.0 Å². The lowest BCUT2D eigenvalue weighted by molar-refractivity contribution is -0.138. The van der Waals surface area contributed by atoms with Crippen LogP contribution < -0.4 is 0 Å². The summed E-state index contributed by atoms with van der Waals surface area (Å²) in [5.74, 6) is 0.871. The van der Waals surface area contributed by atoms with Gasteiger partial charge < -0.3 is 10.2 Å². The average molecular weight is 232 g/mol. The largest absolute Gasteiger partial charge is 0.481 e. The summed E-state index contributed by atoms with van der Waals surface area (Å²) in [6.07, 6.45) is 3.08. The van der Waals surface area contributed by atoms with Gasteiger partial charge in [0.1, 0.15) is 0 Å². The second-order valence-electron chi connectivity index (χ2n) is 4.91. The summed E-state index contributed by atoms with van der Waals surface area (Å²) in [7, 11) is 0. The molecule has 0 radical (unpaired) electrons. The van der Waals surface area contributed by atoms with Crippen LogP contribution in [0.5, 0.6) is 0 Å². The Kier molecular flexibility index (Phi) is 4.06. The van der Waals surface area contributed by atoms with E-state index in [4.69, 9.17) is 5.11 Å². The number of aliphatic hydroxyl groups is 1. The van der Waals surface area contributed by atoms with Crippen LogP contribution in [0, 0.1) is 5.41 Å². The third-order valence-electron chi connectivity index (χ3n) is 3.07. The molecule has 0 aromatic heterocycles. The molecule has 2 N–H and O–H groups in total. The van der Waals surface area contributed by atoms with E-state index in [2.05, 4.69) is 0 Å². The van der Waals surface area contributed by atoms with Crippen molar-refractivity contribution in [2.24, 2.45) is 5.41 Å². The quantitative estimate of drug-likeness (QED) is 0.706. The zero-order valence-corrected chi connectivity index (χ0v) is 10.3. The monoisotopic (exact) mass is 232 g/mol. The molecule has 0 aliphatic heterocycles. The first-order valence-corrected chi connectivity index (χ1v) is 6.57.